The molecule has 96 valence electrons. The Bertz CT molecular complexity index is 538. The molecule has 1 aromatic heterocycles. The van der Waals surface area contributed by atoms with Gasteiger partial charge in [-0.05, 0) is 18.2 Å². The summed E-state index contributed by atoms with van der Waals surface area (Å²) in [6.07, 6.45) is 0.839. The Morgan fingerprint density at radius 3 is 3.22 bits per heavy atom. The molecule has 0 aliphatic carbocycles. The van der Waals surface area contributed by atoms with Gasteiger partial charge < -0.3 is 20.1 Å². The second kappa shape index (κ2) is 5.50. The van der Waals surface area contributed by atoms with E-state index in [0.29, 0.717) is 0 Å². The highest BCUT2D eigenvalue weighted by atomic mass is 16.5. The second-order valence-corrected chi connectivity index (χ2v) is 3.95. The molecule has 3 N–H and O–H groups in total. The van der Waals surface area contributed by atoms with Crippen LogP contribution in [-0.2, 0) is 9.53 Å². The third-order valence-corrected chi connectivity index (χ3v) is 2.59. The zero-order chi connectivity index (χ0) is 13.0. The average Bonchev–Trinajstić information content (AvgIpc) is 2.83. The SMILES string of the molecule is COC(=O)CC(O)CNc1ccc2nc[nH]c2c1. The third-order valence-electron chi connectivity index (χ3n) is 2.59. The van der Waals surface area contributed by atoms with Crippen molar-refractivity contribution in [3.8, 4) is 0 Å². The van der Waals surface area contributed by atoms with Crippen molar-refractivity contribution in [2.75, 3.05) is 19.0 Å². The molecule has 0 amide bonds. The minimum atomic E-state index is -0.769. The minimum absolute atomic E-state index is 0.0181. The van der Waals surface area contributed by atoms with Crippen molar-refractivity contribution in [2.24, 2.45) is 0 Å². The van der Waals surface area contributed by atoms with Gasteiger partial charge >= 0.3 is 5.97 Å². The van der Waals surface area contributed by atoms with Crippen LogP contribution in [0.25, 0.3) is 11.0 Å². The van der Waals surface area contributed by atoms with Crippen LogP contribution in [0, 0.1) is 0 Å². The Kier molecular flexibility index (Phi) is 3.78. The number of hydrogen-bond acceptors (Lipinski definition) is 5. The van der Waals surface area contributed by atoms with Gasteiger partial charge in [0.05, 0.1) is 37.0 Å². The first-order valence-electron chi connectivity index (χ1n) is 5.61. The number of methoxy groups -OCH3 is 1. The maximum atomic E-state index is 11.0. The van der Waals surface area contributed by atoms with E-state index < -0.39 is 12.1 Å². The number of ether oxygens (including phenoxy) is 1. The Balaban J connectivity index is 1.91. The van der Waals surface area contributed by atoms with E-state index in [1.54, 1.807) is 6.33 Å². The lowest BCUT2D eigenvalue weighted by Gasteiger charge is -2.11. The molecule has 0 saturated heterocycles. The molecule has 1 aromatic carbocycles. The van der Waals surface area contributed by atoms with E-state index in [4.69, 9.17) is 0 Å². The number of aliphatic hydroxyl groups is 1. The maximum Gasteiger partial charge on any atom is 0.308 e. The molecule has 0 saturated carbocycles. The number of rotatable bonds is 5. The summed E-state index contributed by atoms with van der Waals surface area (Å²) >= 11 is 0. The van der Waals surface area contributed by atoms with Crippen molar-refractivity contribution in [3.05, 3.63) is 24.5 Å². The maximum absolute atomic E-state index is 11.0. The van der Waals surface area contributed by atoms with Gasteiger partial charge in [-0.2, -0.15) is 0 Å². The smallest absolute Gasteiger partial charge is 0.308 e. The molecule has 1 heterocycles. The van der Waals surface area contributed by atoms with Crippen LogP contribution in [-0.4, -0.2) is 40.8 Å². The Labute approximate surface area is 104 Å². The van der Waals surface area contributed by atoms with Gasteiger partial charge in [0.25, 0.3) is 0 Å². The predicted octanol–water partition coefficient (Wildman–Crippen LogP) is 0.899. The summed E-state index contributed by atoms with van der Waals surface area (Å²) in [7, 11) is 1.30. The van der Waals surface area contributed by atoms with E-state index in [1.165, 1.54) is 7.11 Å². The summed E-state index contributed by atoms with van der Waals surface area (Å²) in [5, 5.41) is 12.7. The highest BCUT2D eigenvalue weighted by Gasteiger charge is 2.10. The molecule has 2 rings (SSSR count). The normalized spacial score (nSPS) is 12.3. The molecule has 1 unspecified atom stereocenters. The predicted molar refractivity (Wildman–Crippen MR) is 67.2 cm³/mol. The van der Waals surface area contributed by atoms with Crippen LogP contribution in [0.15, 0.2) is 24.5 Å². The number of fused-ring (bicyclic) bond motifs is 1. The number of anilines is 1. The van der Waals surface area contributed by atoms with Crippen molar-refractivity contribution in [1.29, 1.82) is 0 Å². The second-order valence-electron chi connectivity index (χ2n) is 3.95. The summed E-state index contributed by atoms with van der Waals surface area (Å²) in [6, 6.07) is 5.64. The molecule has 1 atom stereocenters. The fourth-order valence-corrected chi connectivity index (χ4v) is 1.63. The number of H-pyrrole nitrogens is 1. The molecular formula is C12H15N3O3. The fourth-order valence-electron chi connectivity index (χ4n) is 1.63. The molecule has 0 aliphatic rings. The molecule has 18 heavy (non-hydrogen) atoms. The van der Waals surface area contributed by atoms with Gasteiger partial charge in [-0.3, -0.25) is 4.79 Å². The first kappa shape index (κ1) is 12.4. The van der Waals surface area contributed by atoms with E-state index >= 15 is 0 Å². The molecular weight excluding hydrogens is 234 g/mol. The van der Waals surface area contributed by atoms with Gasteiger partial charge in [-0.15, -0.1) is 0 Å². The van der Waals surface area contributed by atoms with Crippen molar-refractivity contribution in [2.45, 2.75) is 12.5 Å². The number of nitrogens with one attached hydrogen (secondary N) is 2. The summed E-state index contributed by atoms with van der Waals surface area (Å²) in [4.78, 5) is 18.1. The number of aromatic amines is 1. The molecule has 0 radical (unpaired) electrons. The zero-order valence-corrected chi connectivity index (χ0v) is 10.0. The molecule has 0 spiro atoms. The highest BCUT2D eigenvalue weighted by molar-refractivity contribution is 5.78. The number of nitrogens with zero attached hydrogens (tertiary/aromatic N) is 1. The molecule has 0 bridgehead atoms. The van der Waals surface area contributed by atoms with Gasteiger partial charge in [0.1, 0.15) is 0 Å². The summed E-state index contributed by atoms with van der Waals surface area (Å²) in [6.45, 7) is 0.286. The van der Waals surface area contributed by atoms with Crippen LogP contribution in [0.2, 0.25) is 0 Å². The van der Waals surface area contributed by atoms with Gasteiger partial charge in [0, 0.05) is 12.2 Å². The van der Waals surface area contributed by atoms with E-state index in [1.807, 2.05) is 18.2 Å². The van der Waals surface area contributed by atoms with Crippen LogP contribution in [0.3, 0.4) is 0 Å². The van der Waals surface area contributed by atoms with Crippen LogP contribution in [0.5, 0.6) is 0 Å². The van der Waals surface area contributed by atoms with Gasteiger partial charge in [-0.1, -0.05) is 0 Å². The van der Waals surface area contributed by atoms with Crippen molar-refractivity contribution < 1.29 is 14.6 Å². The van der Waals surface area contributed by atoms with Gasteiger partial charge in [0.2, 0.25) is 0 Å². The third kappa shape index (κ3) is 2.98. The standard InChI is InChI=1S/C12H15N3O3/c1-18-12(17)5-9(16)6-13-8-2-3-10-11(4-8)15-7-14-10/h2-4,7,9,13,16H,5-6H2,1H3,(H,14,15). The lowest BCUT2D eigenvalue weighted by atomic mass is 10.2. The number of esters is 1. The van der Waals surface area contributed by atoms with Crippen LogP contribution >= 0.6 is 0 Å². The number of imidazole rings is 1. The fraction of sp³-hybridized carbons (Fsp3) is 0.333. The number of benzene rings is 1. The van der Waals surface area contributed by atoms with Gasteiger partial charge in [-0.25, -0.2) is 4.98 Å². The largest absolute Gasteiger partial charge is 0.469 e. The zero-order valence-electron chi connectivity index (χ0n) is 10.0. The van der Waals surface area contributed by atoms with E-state index in [0.717, 1.165) is 16.7 Å². The minimum Gasteiger partial charge on any atom is -0.469 e. The van der Waals surface area contributed by atoms with E-state index in [2.05, 4.69) is 20.0 Å². The number of aliphatic hydroxyl groups excluding tert-OH is 1. The summed E-state index contributed by atoms with van der Waals surface area (Å²) < 4.78 is 4.48. The van der Waals surface area contributed by atoms with Crippen LogP contribution in [0.4, 0.5) is 5.69 Å². The van der Waals surface area contributed by atoms with Crippen molar-refractivity contribution in [3.63, 3.8) is 0 Å². The summed E-state index contributed by atoms with van der Waals surface area (Å²) in [5.41, 5.74) is 2.66. The average molecular weight is 249 g/mol. The molecule has 6 nitrogen and oxygen atoms in total. The van der Waals surface area contributed by atoms with Crippen molar-refractivity contribution in [1.82, 2.24) is 9.97 Å². The Hall–Kier alpha value is -2.08. The first-order chi connectivity index (χ1) is 8.69. The van der Waals surface area contributed by atoms with E-state index in [-0.39, 0.29) is 13.0 Å². The summed E-state index contributed by atoms with van der Waals surface area (Å²) in [5.74, 6) is -0.423. The van der Waals surface area contributed by atoms with E-state index in [9.17, 15) is 9.90 Å². The lowest BCUT2D eigenvalue weighted by Crippen LogP contribution is -2.23. The van der Waals surface area contributed by atoms with Crippen LogP contribution in [0.1, 0.15) is 6.42 Å². The van der Waals surface area contributed by atoms with Crippen LogP contribution < -0.4 is 5.32 Å². The Morgan fingerprint density at radius 1 is 1.61 bits per heavy atom. The number of carbonyl (C=O) groups excluding carboxylic acids is 1. The first-order valence-corrected chi connectivity index (χ1v) is 5.61. The molecule has 0 aliphatic heterocycles. The van der Waals surface area contributed by atoms with Crippen molar-refractivity contribution >= 4 is 22.7 Å². The quantitative estimate of drug-likeness (QED) is 0.685. The monoisotopic (exact) mass is 249 g/mol. The Morgan fingerprint density at radius 2 is 2.44 bits per heavy atom. The molecule has 2 aromatic rings. The molecule has 6 heteroatoms. The lowest BCUT2D eigenvalue weighted by molar-refractivity contribution is -0.142. The number of carbonyl (C=O) groups is 1. The van der Waals surface area contributed by atoms with Gasteiger partial charge in [0.15, 0.2) is 0 Å². The number of aromatic nitrogens is 2. The number of hydrogen-bond donors (Lipinski definition) is 3. The topological polar surface area (TPSA) is 87.2 Å². The highest BCUT2D eigenvalue weighted by Crippen LogP contribution is 2.15. The molecule has 0 fully saturated rings.